The van der Waals surface area contributed by atoms with E-state index >= 15 is 0 Å². The van der Waals surface area contributed by atoms with Crippen molar-refractivity contribution in [2.45, 2.75) is 19.3 Å². The topological polar surface area (TPSA) is 84.6 Å². The van der Waals surface area contributed by atoms with Crippen molar-refractivity contribution in [1.82, 2.24) is 24.9 Å². The molecule has 1 saturated heterocycles. The second-order valence-electron chi connectivity index (χ2n) is 7.14. The van der Waals surface area contributed by atoms with Crippen molar-refractivity contribution in [3.8, 4) is 11.4 Å². The molecule has 8 nitrogen and oxygen atoms in total. The molecule has 8 heteroatoms. The van der Waals surface area contributed by atoms with E-state index in [-0.39, 0.29) is 5.91 Å². The molecule has 0 spiro atoms. The van der Waals surface area contributed by atoms with Crippen molar-refractivity contribution < 1.29 is 14.1 Å². The highest BCUT2D eigenvalue weighted by Gasteiger charge is 2.22. The zero-order valence-corrected chi connectivity index (χ0v) is 16.0. The normalized spacial score (nSPS) is 17.9. The third-order valence-electron chi connectivity index (χ3n) is 4.50. The highest BCUT2D eigenvalue weighted by molar-refractivity contribution is 5.76. The molecule has 1 aliphatic heterocycles. The third-order valence-corrected chi connectivity index (χ3v) is 4.50. The minimum Gasteiger partial charge on any atom is -0.379 e. The number of ether oxygens (including phenoxy) is 1. The van der Waals surface area contributed by atoms with Crippen LogP contribution < -0.4 is 0 Å². The number of nitrogens with zero attached hydrogens (tertiary/aromatic N) is 5. The van der Waals surface area contributed by atoms with Crippen LogP contribution in [0.3, 0.4) is 0 Å². The van der Waals surface area contributed by atoms with Crippen LogP contribution in [0.1, 0.15) is 18.7 Å². The Hall–Kier alpha value is -2.32. The van der Waals surface area contributed by atoms with Gasteiger partial charge in [0, 0.05) is 56.4 Å². The van der Waals surface area contributed by atoms with Gasteiger partial charge in [-0.1, -0.05) is 5.16 Å². The van der Waals surface area contributed by atoms with Gasteiger partial charge in [-0.3, -0.25) is 9.78 Å². The quantitative estimate of drug-likeness (QED) is 0.727. The molecule has 2 aromatic rings. The fraction of sp³-hybridized carbons (Fsp3) is 0.579. The summed E-state index contributed by atoms with van der Waals surface area (Å²) >= 11 is 0. The molecule has 27 heavy (non-hydrogen) atoms. The summed E-state index contributed by atoms with van der Waals surface area (Å²) < 4.78 is 10.9. The Morgan fingerprint density at radius 3 is 2.93 bits per heavy atom. The molecule has 0 aliphatic carbocycles. The van der Waals surface area contributed by atoms with Crippen molar-refractivity contribution in [1.29, 1.82) is 0 Å². The van der Waals surface area contributed by atoms with Crippen molar-refractivity contribution in [2.24, 2.45) is 5.92 Å². The van der Waals surface area contributed by atoms with E-state index in [2.05, 4.69) is 20.0 Å². The fourth-order valence-corrected chi connectivity index (χ4v) is 3.26. The summed E-state index contributed by atoms with van der Waals surface area (Å²) in [5.41, 5.74) is 0.868. The van der Waals surface area contributed by atoms with E-state index in [9.17, 15) is 4.79 Å². The molecular formula is C19H27N5O3. The first-order valence-electron chi connectivity index (χ1n) is 9.35. The molecule has 1 atom stereocenters. The lowest BCUT2D eigenvalue weighted by molar-refractivity contribution is -0.131. The first-order chi connectivity index (χ1) is 13.1. The predicted molar refractivity (Wildman–Crippen MR) is 99.9 cm³/mol. The van der Waals surface area contributed by atoms with Crippen LogP contribution in [0, 0.1) is 5.92 Å². The van der Waals surface area contributed by atoms with Gasteiger partial charge in [0.25, 0.3) is 0 Å². The summed E-state index contributed by atoms with van der Waals surface area (Å²) in [5.74, 6) is 1.62. The molecule has 1 amide bonds. The van der Waals surface area contributed by atoms with Gasteiger partial charge in [-0.2, -0.15) is 4.98 Å². The van der Waals surface area contributed by atoms with Gasteiger partial charge in [0.2, 0.25) is 17.6 Å². The highest BCUT2D eigenvalue weighted by Crippen LogP contribution is 2.16. The Bertz CT molecular complexity index is 719. The average molecular weight is 373 g/mol. The number of aromatic nitrogens is 3. The summed E-state index contributed by atoms with van der Waals surface area (Å²) in [7, 11) is 4.09. The summed E-state index contributed by atoms with van der Waals surface area (Å²) in [6, 6.07) is 3.67. The maximum Gasteiger partial charge on any atom is 0.226 e. The maximum atomic E-state index is 12.6. The van der Waals surface area contributed by atoms with Crippen molar-refractivity contribution >= 4 is 5.91 Å². The number of hydrogen-bond acceptors (Lipinski definition) is 7. The molecule has 146 valence electrons. The van der Waals surface area contributed by atoms with Crippen molar-refractivity contribution in [3.05, 3.63) is 30.4 Å². The van der Waals surface area contributed by atoms with Crippen LogP contribution in [-0.2, 0) is 16.0 Å². The second kappa shape index (κ2) is 9.57. The lowest BCUT2D eigenvalue weighted by atomic mass is 10.1. The van der Waals surface area contributed by atoms with Gasteiger partial charge in [-0.05, 0) is 32.6 Å². The van der Waals surface area contributed by atoms with E-state index in [1.165, 1.54) is 0 Å². The van der Waals surface area contributed by atoms with Crippen LogP contribution in [0.25, 0.3) is 11.4 Å². The monoisotopic (exact) mass is 373 g/mol. The lowest BCUT2D eigenvalue weighted by Gasteiger charge is -2.25. The predicted octanol–water partition coefficient (Wildman–Crippen LogP) is 1.49. The number of carbonyl (C=O) groups excluding carboxylic acids is 1. The Morgan fingerprint density at radius 2 is 2.15 bits per heavy atom. The second-order valence-corrected chi connectivity index (χ2v) is 7.14. The smallest absolute Gasteiger partial charge is 0.226 e. The van der Waals surface area contributed by atoms with Crippen LogP contribution >= 0.6 is 0 Å². The molecule has 0 saturated carbocycles. The zero-order valence-electron chi connectivity index (χ0n) is 16.0. The van der Waals surface area contributed by atoms with E-state index in [1.807, 2.05) is 31.1 Å². The fourth-order valence-electron chi connectivity index (χ4n) is 3.26. The summed E-state index contributed by atoms with van der Waals surface area (Å²) in [6.07, 6.45) is 5.14. The van der Waals surface area contributed by atoms with E-state index in [4.69, 9.17) is 9.26 Å². The molecule has 3 rings (SSSR count). The number of aryl methyl sites for hydroxylation is 1. The van der Waals surface area contributed by atoms with E-state index in [0.29, 0.717) is 56.7 Å². The first-order valence-corrected chi connectivity index (χ1v) is 9.35. The van der Waals surface area contributed by atoms with Crippen LogP contribution in [0.5, 0.6) is 0 Å². The van der Waals surface area contributed by atoms with Gasteiger partial charge >= 0.3 is 0 Å². The van der Waals surface area contributed by atoms with Crippen LogP contribution in [-0.4, -0.2) is 77.8 Å². The Morgan fingerprint density at radius 1 is 1.33 bits per heavy atom. The highest BCUT2D eigenvalue weighted by atomic mass is 16.5. The minimum atomic E-state index is 0.165. The minimum absolute atomic E-state index is 0.165. The summed E-state index contributed by atoms with van der Waals surface area (Å²) in [5, 5.41) is 3.99. The standard InChI is InChI=1S/C19H27N5O3/c1-23(2)12-15-13-24(10-11-26-14-15)18(25)5-3-4-17-21-19(22-27-17)16-6-8-20-9-7-16/h6-9,15H,3-5,10-14H2,1-2H3. The number of amides is 1. The average Bonchev–Trinajstić information content (AvgIpc) is 3.01. The number of pyridine rings is 1. The van der Waals surface area contributed by atoms with E-state index in [0.717, 1.165) is 18.7 Å². The number of rotatable bonds is 7. The first kappa shape index (κ1) is 19.4. The molecule has 3 heterocycles. The zero-order chi connectivity index (χ0) is 19.1. The van der Waals surface area contributed by atoms with Crippen molar-refractivity contribution in [2.75, 3.05) is 46.9 Å². The maximum absolute atomic E-state index is 12.6. The number of carbonyl (C=O) groups is 1. The molecule has 0 radical (unpaired) electrons. The van der Waals surface area contributed by atoms with Gasteiger partial charge < -0.3 is 19.1 Å². The summed E-state index contributed by atoms with van der Waals surface area (Å²) in [6.45, 7) is 3.65. The molecule has 1 aliphatic rings. The van der Waals surface area contributed by atoms with E-state index in [1.54, 1.807) is 12.4 Å². The Labute approximate surface area is 159 Å². The molecular weight excluding hydrogens is 346 g/mol. The molecule has 1 fully saturated rings. The molecule has 0 aromatic carbocycles. The van der Waals surface area contributed by atoms with Crippen LogP contribution in [0.15, 0.2) is 29.0 Å². The summed E-state index contributed by atoms with van der Waals surface area (Å²) in [4.78, 5) is 25.0. The third kappa shape index (κ3) is 5.83. The molecule has 0 N–H and O–H groups in total. The lowest BCUT2D eigenvalue weighted by Crippen LogP contribution is -2.38. The van der Waals surface area contributed by atoms with Gasteiger partial charge in [-0.15, -0.1) is 0 Å². The Kier molecular flexibility index (Phi) is 6.89. The van der Waals surface area contributed by atoms with Gasteiger partial charge in [0.15, 0.2) is 0 Å². The molecule has 2 aromatic heterocycles. The largest absolute Gasteiger partial charge is 0.379 e. The molecule has 1 unspecified atom stereocenters. The Balaban J connectivity index is 1.47. The van der Waals surface area contributed by atoms with Crippen LogP contribution in [0.2, 0.25) is 0 Å². The number of hydrogen-bond donors (Lipinski definition) is 0. The van der Waals surface area contributed by atoms with Crippen LogP contribution in [0.4, 0.5) is 0 Å². The molecule has 0 bridgehead atoms. The van der Waals surface area contributed by atoms with E-state index < -0.39 is 0 Å². The SMILES string of the molecule is CN(C)CC1COCCN(C(=O)CCCc2nc(-c3ccncc3)no2)C1. The van der Waals surface area contributed by atoms with Crippen molar-refractivity contribution in [3.63, 3.8) is 0 Å². The van der Waals surface area contributed by atoms with Gasteiger partial charge in [0.05, 0.1) is 13.2 Å². The van der Waals surface area contributed by atoms with Gasteiger partial charge in [-0.25, -0.2) is 0 Å². The van der Waals surface area contributed by atoms with Gasteiger partial charge in [0.1, 0.15) is 0 Å².